The van der Waals surface area contributed by atoms with Crippen molar-refractivity contribution >= 4 is 10.0 Å². The molecule has 61 valence electrons. The predicted molar refractivity (Wildman–Crippen MR) is 42.1 cm³/mol. The molecule has 0 aliphatic carbocycles. The number of sulfonamides is 1. The average Bonchev–Trinajstić information content (AvgIpc) is 1.80. The summed E-state index contributed by atoms with van der Waals surface area (Å²) in [4.78, 5) is 0. The third-order valence-electron chi connectivity index (χ3n) is 1.29. The van der Waals surface area contributed by atoms with Gasteiger partial charge in [0.25, 0.3) is 0 Å². The van der Waals surface area contributed by atoms with Crippen LogP contribution < -0.4 is 0 Å². The van der Waals surface area contributed by atoms with Gasteiger partial charge in [0.2, 0.25) is 10.0 Å². The predicted octanol–water partition coefficient (Wildman–Crippen LogP) is 0.492. The van der Waals surface area contributed by atoms with Gasteiger partial charge >= 0.3 is 0 Å². The second-order valence-electron chi connectivity index (χ2n) is 2.29. The molecule has 4 heteroatoms. The van der Waals surface area contributed by atoms with Crippen LogP contribution in [0.15, 0.2) is 0 Å². The summed E-state index contributed by atoms with van der Waals surface area (Å²) in [5, 5.41) is 0. The molecule has 0 aromatic heterocycles. The molecule has 3 nitrogen and oxygen atoms in total. The molecule has 0 N–H and O–H groups in total. The molecule has 1 radical (unpaired) electrons. The van der Waals surface area contributed by atoms with Crippen LogP contribution in [0.25, 0.3) is 0 Å². The van der Waals surface area contributed by atoms with E-state index in [-0.39, 0.29) is 0 Å². The van der Waals surface area contributed by atoms with Crippen LogP contribution >= 0.6 is 0 Å². The monoisotopic (exact) mass is 164 g/mol. The highest BCUT2D eigenvalue weighted by atomic mass is 32.2. The summed E-state index contributed by atoms with van der Waals surface area (Å²) in [6.07, 6.45) is 2.81. The van der Waals surface area contributed by atoms with E-state index in [9.17, 15) is 8.42 Å². The fourth-order valence-electron chi connectivity index (χ4n) is 0.500. The van der Waals surface area contributed by atoms with E-state index in [1.54, 1.807) is 7.05 Å². The van der Waals surface area contributed by atoms with E-state index in [1.807, 2.05) is 0 Å². The second-order valence-corrected chi connectivity index (χ2v) is 4.38. The van der Waals surface area contributed by atoms with Crippen molar-refractivity contribution in [2.24, 2.45) is 0 Å². The van der Waals surface area contributed by atoms with Crippen LogP contribution in [0.2, 0.25) is 0 Å². The molecule has 0 heterocycles. The number of hydrogen-bond donors (Lipinski definition) is 0. The second kappa shape index (κ2) is 3.93. The van der Waals surface area contributed by atoms with Gasteiger partial charge in [-0.2, -0.15) is 0 Å². The standard InChI is InChI=1S/C6H14NO2S/c1-4-5-6-7(2)10(3,8)9/h1,4-6H2,2-3H3. The third kappa shape index (κ3) is 3.85. The fraction of sp³-hybridized carbons (Fsp3) is 0.833. The summed E-state index contributed by atoms with van der Waals surface area (Å²) in [5.41, 5.74) is 0. The number of nitrogens with zero attached hydrogens (tertiary/aromatic N) is 1. The van der Waals surface area contributed by atoms with E-state index >= 15 is 0 Å². The maximum absolute atomic E-state index is 10.7. The summed E-state index contributed by atoms with van der Waals surface area (Å²) >= 11 is 0. The first-order valence-electron chi connectivity index (χ1n) is 3.19. The smallest absolute Gasteiger partial charge is 0.210 e. The van der Waals surface area contributed by atoms with Crippen molar-refractivity contribution in [2.75, 3.05) is 19.8 Å². The Labute approximate surface area is 63.1 Å². The van der Waals surface area contributed by atoms with E-state index in [2.05, 4.69) is 6.92 Å². The van der Waals surface area contributed by atoms with Gasteiger partial charge in [-0.15, -0.1) is 0 Å². The van der Waals surface area contributed by atoms with Gasteiger partial charge in [-0.3, -0.25) is 0 Å². The van der Waals surface area contributed by atoms with Crippen molar-refractivity contribution in [3.8, 4) is 0 Å². The fourth-order valence-corrected chi connectivity index (χ4v) is 0.961. The quantitative estimate of drug-likeness (QED) is 0.606. The zero-order valence-corrected chi connectivity index (χ0v) is 7.32. The van der Waals surface area contributed by atoms with Gasteiger partial charge in [0.05, 0.1) is 6.26 Å². The van der Waals surface area contributed by atoms with Crippen LogP contribution in [-0.2, 0) is 10.0 Å². The minimum Gasteiger partial charge on any atom is -0.213 e. The maximum Gasteiger partial charge on any atom is 0.210 e. The van der Waals surface area contributed by atoms with Gasteiger partial charge in [-0.25, -0.2) is 12.7 Å². The van der Waals surface area contributed by atoms with E-state index in [0.29, 0.717) is 6.54 Å². The summed E-state index contributed by atoms with van der Waals surface area (Å²) in [6, 6.07) is 0. The minimum atomic E-state index is -2.97. The zero-order valence-electron chi connectivity index (χ0n) is 6.50. The lowest BCUT2D eigenvalue weighted by Crippen LogP contribution is -2.26. The lowest BCUT2D eigenvalue weighted by Gasteiger charge is -2.12. The Morgan fingerprint density at radius 3 is 2.30 bits per heavy atom. The minimum absolute atomic E-state index is 0.572. The molecule has 0 aromatic carbocycles. The van der Waals surface area contributed by atoms with E-state index in [4.69, 9.17) is 0 Å². The number of rotatable bonds is 4. The molecule has 0 fully saturated rings. The van der Waals surface area contributed by atoms with Gasteiger partial charge in [-0.05, 0) is 6.42 Å². The molecule has 0 saturated heterocycles. The van der Waals surface area contributed by atoms with Gasteiger partial charge in [-0.1, -0.05) is 13.3 Å². The Hall–Kier alpha value is -0.0900. The SMILES string of the molecule is [CH2]CCCN(C)S(C)(=O)=O. The largest absolute Gasteiger partial charge is 0.213 e. The summed E-state index contributed by atoms with van der Waals surface area (Å²) in [5.74, 6) is 0. The molecule has 0 aliphatic heterocycles. The van der Waals surface area contributed by atoms with Crippen LogP contribution in [0.5, 0.6) is 0 Å². The van der Waals surface area contributed by atoms with Crippen LogP contribution in [-0.4, -0.2) is 32.6 Å². The Bertz CT molecular complexity index is 174. The average molecular weight is 164 g/mol. The molecule has 0 amide bonds. The number of unbranched alkanes of at least 4 members (excludes halogenated alkanes) is 1. The lowest BCUT2D eigenvalue weighted by molar-refractivity contribution is 0.467. The van der Waals surface area contributed by atoms with Crippen molar-refractivity contribution in [2.45, 2.75) is 12.8 Å². The molecule has 0 unspecified atom stereocenters. The van der Waals surface area contributed by atoms with Crippen LogP contribution in [0.4, 0.5) is 0 Å². The van der Waals surface area contributed by atoms with Gasteiger partial charge in [0.1, 0.15) is 0 Å². The molecule has 0 atom stereocenters. The topological polar surface area (TPSA) is 37.4 Å². The first-order valence-corrected chi connectivity index (χ1v) is 5.04. The molecule has 0 rings (SSSR count). The summed E-state index contributed by atoms with van der Waals surface area (Å²) in [6.45, 7) is 4.19. The lowest BCUT2D eigenvalue weighted by atomic mass is 10.3. The van der Waals surface area contributed by atoms with Gasteiger partial charge in [0.15, 0.2) is 0 Å². The van der Waals surface area contributed by atoms with Crippen LogP contribution in [0.3, 0.4) is 0 Å². The maximum atomic E-state index is 10.7. The summed E-state index contributed by atoms with van der Waals surface area (Å²) in [7, 11) is -1.40. The van der Waals surface area contributed by atoms with E-state index in [0.717, 1.165) is 12.8 Å². The first kappa shape index (κ1) is 9.91. The molecule has 0 spiro atoms. The Morgan fingerprint density at radius 2 is 2.00 bits per heavy atom. The van der Waals surface area contributed by atoms with E-state index in [1.165, 1.54) is 10.6 Å². The molecule has 0 aromatic rings. The number of hydrogen-bond acceptors (Lipinski definition) is 2. The molecular formula is C6H14NO2S. The van der Waals surface area contributed by atoms with Crippen molar-refractivity contribution in [3.63, 3.8) is 0 Å². The van der Waals surface area contributed by atoms with Crippen molar-refractivity contribution < 1.29 is 8.42 Å². The molecule has 0 saturated carbocycles. The molecular weight excluding hydrogens is 150 g/mol. The van der Waals surface area contributed by atoms with Crippen molar-refractivity contribution in [1.29, 1.82) is 0 Å². The Balaban J connectivity index is 3.75. The van der Waals surface area contributed by atoms with Crippen LogP contribution in [0.1, 0.15) is 12.8 Å². The van der Waals surface area contributed by atoms with Crippen molar-refractivity contribution in [3.05, 3.63) is 6.92 Å². The molecule has 0 bridgehead atoms. The van der Waals surface area contributed by atoms with Gasteiger partial charge < -0.3 is 0 Å². The Morgan fingerprint density at radius 1 is 1.50 bits per heavy atom. The van der Waals surface area contributed by atoms with E-state index < -0.39 is 10.0 Å². The molecule has 0 aliphatic rings. The Kier molecular flexibility index (Phi) is 3.89. The first-order chi connectivity index (χ1) is 4.48. The zero-order chi connectivity index (χ0) is 8.20. The molecule has 10 heavy (non-hydrogen) atoms. The van der Waals surface area contributed by atoms with Crippen molar-refractivity contribution in [1.82, 2.24) is 4.31 Å². The highest BCUT2D eigenvalue weighted by Crippen LogP contribution is 1.96. The van der Waals surface area contributed by atoms with Crippen LogP contribution in [0, 0.1) is 6.92 Å². The summed E-state index contributed by atoms with van der Waals surface area (Å²) < 4.78 is 22.8. The van der Waals surface area contributed by atoms with Gasteiger partial charge in [0, 0.05) is 13.6 Å². The highest BCUT2D eigenvalue weighted by molar-refractivity contribution is 7.88. The normalized spacial score (nSPS) is 12.4. The highest BCUT2D eigenvalue weighted by Gasteiger charge is 2.08. The third-order valence-corrected chi connectivity index (χ3v) is 2.60.